The van der Waals surface area contributed by atoms with Crippen LogP contribution < -0.4 is 5.32 Å². The van der Waals surface area contributed by atoms with Crippen molar-refractivity contribution in [2.24, 2.45) is 11.8 Å². The summed E-state index contributed by atoms with van der Waals surface area (Å²) < 4.78 is 0. The van der Waals surface area contributed by atoms with Crippen LogP contribution in [-0.4, -0.2) is 16.9 Å². The number of carbonyl (C=O) groups excluding carboxylic acids is 1. The number of aromatic nitrogens is 1. The number of pyridine rings is 1. The average molecular weight is 301 g/mol. The minimum Gasteiger partial charge on any atom is -0.348 e. The number of hydrogen-bond donors (Lipinski definition) is 1. The predicted octanol–water partition coefficient (Wildman–Crippen LogP) is 3.81. The maximum absolute atomic E-state index is 12.4. The van der Waals surface area contributed by atoms with Gasteiger partial charge in [0.2, 0.25) is 0 Å². The summed E-state index contributed by atoms with van der Waals surface area (Å²) in [6, 6.07) is 9.88. The van der Waals surface area contributed by atoms with Crippen molar-refractivity contribution in [2.45, 2.75) is 31.7 Å². The van der Waals surface area contributed by atoms with Crippen LogP contribution in [0.25, 0.3) is 10.8 Å². The zero-order valence-electron chi connectivity index (χ0n) is 11.7. The number of rotatable bonds is 2. The van der Waals surface area contributed by atoms with Crippen molar-refractivity contribution in [1.82, 2.24) is 10.3 Å². The standard InChI is InChI=1S/C17H17ClN2O/c18-16-13-4-2-1-3-11(13)9-15(19-16)17(21)20-14-8-10-5-6-12(14)7-10/h1-4,9-10,12,14H,5-8H2,(H,20,21). The lowest BCUT2D eigenvalue weighted by atomic mass is 9.95. The Bertz CT molecular complexity index is 715. The van der Waals surface area contributed by atoms with Crippen molar-refractivity contribution in [2.75, 3.05) is 0 Å². The Labute approximate surface area is 128 Å². The van der Waals surface area contributed by atoms with E-state index in [0.29, 0.717) is 22.8 Å². The molecule has 0 saturated heterocycles. The Morgan fingerprint density at radius 2 is 2.10 bits per heavy atom. The molecule has 2 fully saturated rings. The van der Waals surface area contributed by atoms with Crippen molar-refractivity contribution in [1.29, 1.82) is 0 Å². The van der Waals surface area contributed by atoms with Crippen LogP contribution in [0.3, 0.4) is 0 Å². The molecule has 2 aliphatic carbocycles. The molecule has 1 N–H and O–H groups in total. The molecule has 2 aliphatic rings. The predicted molar refractivity (Wildman–Crippen MR) is 83.5 cm³/mol. The van der Waals surface area contributed by atoms with Crippen LogP contribution in [0.15, 0.2) is 30.3 Å². The number of carbonyl (C=O) groups is 1. The Hall–Kier alpha value is -1.61. The van der Waals surface area contributed by atoms with Gasteiger partial charge in [-0.15, -0.1) is 0 Å². The van der Waals surface area contributed by atoms with Crippen molar-refractivity contribution in [3.05, 3.63) is 41.2 Å². The summed E-state index contributed by atoms with van der Waals surface area (Å²) in [5.41, 5.74) is 0.418. The zero-order valence-corrected chi connectivity index (χ0v) is 12.4. The summed E-state index contributed by atoms with van der Waals surface area (Å²) in [6.07, 6.45) is 4.98. The molecule has 1 aromatic carbocycles. The van der Waals surface area contributed by atoms with Gasteiger partial charge in [0.05, 0.1) is 0 Å². The van der Waals surface area contributed by atoms with Gasteiger partial charge >= 0.3 is 0 Å². The number of halogens is 1. The maximum atomic E-state index is 12.4. The molecule has 0 spiro atoms. The molecule has 3 nitrogen and oxygen atoms in total. The topological polar surface area (TPSA) is 42.0 Å². The van der Waals surface area contributed by atoms with Gasteiger partial charge in [0.15, 0.2) is 0 Å². The van der Waals surface area contributed by atoms with Crippen LogP contribution in [0.5, 0.6) is 0 Å². The average Bonchev–Trinajstić information content (AvgIpc) is 3.10. The fourth-order valence-electron chi connectivity index (χ4n) is 3.94. The molecule has 4 heteroatoms. The molecule has 2 bridgehead atoms. The Kier molecular flexibility index (Phi) is 3.11. The smallest absolute Gasteiger partial charge is 0.270 e. The largest absolute Gasteiger partial charge is 0.348 e. The van der Waals surface area contributed by atoms with E-state index in [1.807, 2.05) is 30.3 Å². The molecular formula is C17H17ClN2O. The summed E-state index contributed by atoms with van der Waals surface area (Å²) in [5, 5.41) is 5.39. The highest BCUT2D eigenvalue weighted by atomic mass is 35.5. The molecule has 108 valence electrons. The van der Waals surface area contributed by atoms with E-state index in [2.05, 4.69) is 10.3 Å². The van der Waals surface area contributed by atoms with Crippen molar-refractivity contribution in [3.8, 4) is 0 Å². The Balaban J connectivity index is 1.59. The summed E-state index contributed by atoms with van der Waals surface area (Å²) in [7, 11) is 0. The minimum atomic E-state index is -0.0970. The van der Waals surface area contributed by atoms with Gasteiger partial charge in [-0.3, -0.25) is 4.79 Å². The van der Waals surface area contributed by atoms with Crippen LogP contribution in [0.4, 0.5) is 0 Å². The molecular weight excluding hydrogens is 284 g/mol. The van der Waals surface area contributed by atoms with E-state index >= 15 is 0 Å². The van der Waals surface area contributed by atoms with Crippen molar-refractivity contribution >= 4 is 28.3 Å². The Morgan fingerprint density at radius 3 is 2.86 bits per heavy atom. The molecule has 1 amide bonds. The molecule has 21 heavy (non-hydrogen) atoms. The minimum absolute atomic E-state index is 0.0970. The number of amides is 1. The molecule has 0 aliphatic heterocycles. The molecule has 2 aromatic rings. The number of hydrogen-bond acceptors (Lipinski definition) is 2. The van der Waals surface area contributed by atoms with Gasteiger partial charge in [0.25, 0.3) is 5.91 Å². The van der Waals surface area contributed by atoms with E-state index in [9.17, 15) is 4.79 Å². The van der Waals surface area contributed by atoms with E-state index < -0.39 is 0 Å². The van der Waals surface area contributed by atoms with Crippen LogP contribution in [0, 0.1) is 11.8 Å². The number of benzene rings is 1. The van der Waals surface area contributed by atoms with Crippen LogP contribution in [0.1, 0.15) is 36.2 Å². The van der Waals surface area contributed by atoms with Gasteiger partial charge in [-0.25, -0.2) is 4.98 Å². The van der Waals surface area contributed by atoms with E-state index in [1.165, 1.54) is 19.3 Å². The van der Waals surface area contributed by atoms with E-state index in [4.69, 9.17) is 11.6 Å². The van der Waals surface area contributed by atoms with Crippen LogP contribution >= 0.6 is 11.6 Å². The fraction of sp³-hybridized carbons (Fsp3) is 0.412. The first kappa shape index (κ1) is 13.1. The normalized spacial score (nSPS) is 27.2. The second-order valence-electron chi connectivity index (χ2n) is 6.27. The van der Waals surface area contributed by atoms with Crippen LogP contribution in [0.2, 0.25) is 5.15 Å². The lowest BCUT2D eigenvalue weighted by molar-refractivity contribution is 0.0918. The highest BCUT2D eigenvalue weighted by Gasteiger charge is 2.40. The first-order valence-electron chi connectivity index (χ1n) is 7.57. The summed E-state index contributed by atoms with van der Waals surface area (Å²) >= 11 is 6.19. The molecule has 4 rings (SSSR count). The quantitative estimate of drug-likeness (QED) is 0.857. The summed E-state index contributed by atoms with van der Waals surface area (Å²) in [4.78, 5) is 16.7. The summed E-state index contributed by atoms with van der Waals surface area (Å²) in [6.45, 7) is 0. The van der Waals surface area contributed by atoms with Crippen molar-refractivity contribution in [3.63, 3.8) is 0 Å². The molecule has 3 atom stereocenters. The van der Waals surface area contributed by atoms with E-state index in [1.54, 1.807) is 0 Å². The molecule has 0 radical (unpaired) electrons. The van der Waals surface area contributed by atoms with Gasteiger partial charge in [-0.1, -0.05) is 42.3 Å². The number of nitrogens with zero attached hydrogens (tertiary/aromatic N) is 1. The van der Waals surface area contributed by atoms with Gasteiger partial charge < -0.3 is 5.32 Å². The number of nitrogens with one attached hydrogen (secondary N) is 1. The van der Waals surface area contributed by atoms with Gasteiger partial charge in [-0.2, -0.15) is 0 Å². The molecule has 3 unspecified atom stereocenters. The second kappa shape index (κ2) is 4.99. The van der Waals surface area contributed by atoms with Crippen LogP contribution in [-0.2, 0) is 0 Å². The monoisotopic (exact) mass is 300 g/mol. The van der Waals surface area contributed by atoms with Crippen molar-refractivity contribution < 1.29 is 4.79 Å². The Morgan fingerprint density at radius 1 is 1.24 bits per heavy atom. The third-order valence-electron chi connectivity index (χ3n) is 4.98. The first-order valence-corrected chi connectivity index (χ1v) is 7.94. The second-order valence-corrected chi connectivity index (χ2v) is 6.63. The van der Waals surface area contributed by atoms with E-state index in [0.717, 1.165) is 23.1 Å². The fourth-order valence-corrected chi connectivity index (χ4v) is 4.20. The van der Waals surface area contributed by atoms with Gasteiger partial charge in [0, 0.05) is 11.4 Å². The lowest BCUT2D eigenvalue weighted by Gasteiger charge is -2.22. The van der Waals surface area contributed by atoms with Gasteiger partial charge in [-0.05, 0) is 42.6 Å². The molecule has 1 aromatic heterocycles. The molecule has 1 heterocycles. The SMILES string of the molecule is O=C(NC1CC2CCC1C2)c1cc2ccccc2c(Cl)n1. The zero-order chi connectivity index (χ0) is 14.4. The summed E-state index contributed by atoms with van der Waals surface area (Å²) in [5.74, 6) is 1.38. The highest BCUT2D eigenvalue weighted by molar-refractivity contribution is 6.34. The maximum Gasteiger partial charge on any atom is 0.270 e. The van der Waals surface area contributed by atoms with Gasteiger partial charge in [0.1, 0.15) is 10.8 Å². The third-order valence-corrected chi connectivity index (χ3v) is 5.27. The lowest BCUT2D eigenvalue weighted by Crippen LogP contribution is -2.38. The highest BCUT2D eigenvalue weighted by Crippen LogP contribution is 2.44. The number of fused-ring (bicyclic) bond motifs is 3. The third kappa shape index (κ3) is 2.30. The first-order chi connectivity index (χ1) is 10.2. The molecule has 2 saturated carbocycles. The van der Waals surface area contributed by atoms with E-state index in [-0.39, 0.29) is 5.91 Å².